The van der Waals surface area contributed by atoms with E-state index in [9.17, 15) is 4.79 Å². The van der Waals surface area contributed by atoms with Crippen molar-refractivity contribution in [2.24, 2.45) is 0 Å². The lowest BCUT2D eigenvalue weighted by molar-refractivity contribution is 0.0945. The topological polar surface area (TPSA) is 79.9 Å². The number of carbonyl (C=O) groups excluding carboxylic acids is 1. The second-order valence-electron chi connectivity index (χ2n) is 5.64. The number of rotatable bonds is 4. The number of para-hydroxylation sites is 2. The van der Waals surface area contributed by atoms with Gasteiger partial charge in [0.25, 0.3) is 5.91 Å². The SMILES string of the molecule is COc1ccc2nc(C(=O)NCc3nc4ccccc4[nH]3)ccc2c1. The van der Waals surface area contributed by atoms with E-state index in [4.69, 9.17) is 4.74 Å². The minimum Gasteiger partial charge on any atom is -0.497 e. The second-order valence-corrected chi connectivity index (χ2v) is 5.64. The van der Waals surface area contributed by atoms with E-state index < -0.39 is 0 Å². The largest absolute Gasteiger partial charge is 0.497 e. The summed E-state index contributed by atoms with van der Waals surface area (Å²) in [5, 5.41) is 3.77. The van der Waals surface area contributed by atoms with Crippen molar-refractivity contribution in [3.05, 3.63) is 66.1 Å². The van der Waals surface area contributed by atoms with Crippen molar-refractivity contribution >= 4 is 27.8 Å². The van der Waals surface area contributed by atoms with Gasteiger partial charge in [-0.3, -0.25) is 4.79 Å². The van der Waals surface area contributed by atoms with E-state index in [1.165, 1.54) is 0 Å². The molecule has 0 fully saturated rings. The van der Waals surface area contributed by atoms with E-state index in [1.807, 2.05) is 48.5 Å². The molecule has 2 aromatic carbocycles. The molecule has 0 aliphatic rings. The summed E-state index contributed by atoms with van der Waals surface area (Å²) in [6.07, 6.45) is 0. The van der Waals surface area contributed by atoms with E-state index >= 15 is 0 Å². The number of aromatic nitrogens is 3. The molecule has 25 heavy (non-hydrogen) atoms. The van der Waals surface area contributed by atoms with Crippen LogP contribution in [0.4, 0.5) is 0 Å². The number of nitrogens with one attached hydrogen (secondary N) is 2. The highest BCUT2D eigenvalue weighted by Gasteiger charge is 2.10. The molecule has 0 saturated heterocycles. The van der Waals surface area contributed by atoms with Gasteiger partial charge in [0.1, 0.15) is 17.3 Å². The molecular weight excluding hydrogens is 316 g/mol. The molecule has 0 radical (unpaired) electrons. The molecule has 0 unspecified atom stereocenters. The number of H-pyrrole nitrogens is 1. The van der Waals surface area contributed by atoms with E-state index in [0.29, 0.717) is 18.1 Å². The summed E-state index contributed by atoms with van der Waals surface area (Å²) in [5.74, 6) is 1.23. The number of aromatic amines is 1. The maximum atomic E-state index is 12.4. The van der Waals surface area contributed by atoms with Gasteiger partial charge in [0, 0.05) is 5.39 Å². The minimum absolute atomic E-state index is 0.238. The average Bonchev–Trinajstić information content (AvgIpc) is 3.08. The van der Waals surface area contributed by atoms with Gasteiger partial charge in [-0.05, 0) is 36.4 Å². The number of methoxy groups -OCH3 is 1. The van der Waals surface area contributed by atoms with E-state index in [1.54, 1.807) is 13.2 Å². The first-order chi connectivity index (χ1) is 12.2. The van der Waals surface area contributed by atoms with Crippen LogP contribution >= 0.6 is 0 Å². The van der Waals surface area contributed by atoms with Crippen LogP contribution in [0.1, 0.15) is 16.3 Å². The van der Waals surface area contributed by atoms with Gasteiger partial charge < -0.3 is 15.0 Å². The Morgan fingerprint density at radius 1 is 1.08 bits per heavy atom. The summed E-state index contributed by atoms with van der Waals surface area (Å²) < 4.78 is 5.19. The summed E-state index contributed by atoms with van der Waals surface area (Å²) in [7, 11) is 1.62. The van der Waals surface area contributed by atoms with Crippen molar-refractivity contribution in [3.8, 4) is 5.75 Å². The molecule has 124 valence electrons. The molecule has 0 spiro atoms. The second kappa shape index (κ2) is 6.24. The number of fused-ring (bicyclic) bond motifs is 2. The highest BCUT2D eigenvalue weighted by molar-refractivity contribution is 5.95. The van der Waals surface area contributed by atoms with Gasteiger partial charge >= 0.3 is 0 Å². The maximum Gasteiger partial charge on any atom is 0.270 e. The molecular formula is C19H16N4O2. The third-order valence-corrected chi connectivity index (χ3v) is 3.98. The molecule has 1 amide bonds. The van der Waals surface area contributed by atoms with Crippen molar-refractivity contribution in [1.82, 2.24) is 20.3 Å². The minimum atomic E-state index is -0.238. The lowest BCUT2D eigenvalue weighted by atomic mass is 10.2. The Kier molecular flexibility index (Phi) is 3.78. The van der Waals surface area contributed by atoms with Crippen LogP contribution in [0.25, 0.3) is 21.9 Å². The third kappa shape index (κ3) is 3.01. The van der Waals surface area contributed by atoms with Crippen LogP contribution in [0, 0.1) is 0 Å². The fourth-order valence-electron chi connectivity index (χ4n) is 2.70. The lowest BCUT2D eigenvalue weighted by Gasteiger charge is -2.05. The van der Waals surface area contributed by atoms with Gasteiger partial charge in [-0.1, -0.05) is 18.2 Å². The molecule has 2 heterocycles. The predicted octanol–water partition coefficient (Wildman–Crippen LogP) is 3.05. The smallest absolute Gasteiger partial charge is 0.270 e. The Morgan fingerprint density at radius 2 is 1.96 bits per heavy atom. The molecule has 6 nitrogen and oxygen atoms in total. The Bertz CT molecular complexity index is 1040. The third-order valence-electron chi connectivity index (χ3n) is 3.98. The van der Waals surface area contributed by atoms with Crippen LogP contribution in [-0.2, 0) is 6.54 Å². The molecule has 0 aliphatic heterocycles. The average molecular weight is 332 g/mol. The van der Waals surface area contributed by atoms with Crippen LogP contribution in [0.5, 0.6) is 5.75 Å². The standard InChI is InChI=1S/C19H16N4O2/c1-25-13-7-9-14-12(10-13)6-8-17(21-14)19(24)20-11-18-22-15-4-2-3-5-16(15)23-18/h2-10H,11H2,1H3,(H,20,24)(H,22,23). The van der Waals surface area contributed by atoms with Crippen LogP contribution in [-0.4, -0.2) is 28.0 Å². The Balaban J connectivity index is 1.51. The number of amides is 1. The normalized spacial score (nSPS) is 10.9. The fraction of sp³-hybridized carbons (Fsp3) is 0.105. The van der Waals surface area contributed by atoms with Crippen LogP contribution in [0.2, 0.25) is 0 Å². The maximum absolute atomic E-state index is 12.4. The summed E-state index contributed by atoms with van der Waals surface area (Å²) >= 11 is 0. The number of carbonyl (C=O) groups is 1. The summed E-state index contributed by atoms with van der Waals surface area (Å²) in [5.41, 5.74) is 2.94. The fourth-order valence-corrected chi connectivity index (χ4v) is 2.70. The van der Waals surface area contributed by atoms with Crippen molar-refractivity contribution in [2.45, 2.75) is 6.54 Å². The van der Waals surface area contributed by atoms with Gasteiger partial charge in [0.2, 0.25) is 0 Å². The Labute approximate surface area is 143 Å². The summed E-state index contributed by atoms with van der Waals surface area (Å²) in [6, 6.07) is 16.9. The number of hydrogen-bond acceptors (Lipinski definition) is 4. The quantitative estimate of drug-likeness (QED) is 0.602. The lowest BCUT2D eigenvalue weighted by Crippen LogP contribution is -2.24. The number of nitrogens with zero attached hydrogens (tertiary/aromatic N) is 2. The number of imidazole rings is 1. The first-order valence-electron chi connectivity index (χ1n) is 7.89. The number of pyridine rings is 1. The van der Waals surface area contributed by atoms with E-state index in [-0.39, 0.29) is 5.91 Å². The summed E-state index contributed by atoms with van der Waals surface area (Å²) in [4.78, 5) is 24.4. The van der Waals surface area contributed by atoms with Crippen molar-refractivity contribution < 1.29 is 9.53 Å². The number of hydrogen-bond donors (Lipinski definition) is 2. The number of ether oxygens (including phenoxy) is 1. The molecule has 2 aromatic heterocycles. The molecule has 0 saturated carbocycles. The molecule has 6 heteroatoms. The number of benzene rings is 2. The van der Waals surface area contributed by atoms with Crippen LogP contribution in [0.3, 0.4) is 0 Å². The van der Waals surface area contributed by atoms with E-state index in [2.05, 4.69) is 20.3 Å². The predicted molar refractivity (Wildman–Crippen MR) is 95.6 cm³/mol. The Morgan fingerprint density at radius 3 is 2.80 bits per heavy atom. The molecule has 2 N–H and O–H groups in total. The van der Waals surface area contributed by atoms with Gasteiger partial charge in [-0.25, -0.2) is 9.97 Å². The van der Waals surface area contributed by atoms with Crippen molar-refractivity contribution in [3.63, 3.8) is 0 Å². The van der Waals surface area contributed by atoms with Gasteiger partial charge in [-0.2, -0.15) is 0 Å². The zero-order chi connectivity index (χ0) is 17.2. The molecule has 0 aliphatic carbocycles. The van der Waals surface area contributed by atoms with Crippen molar-refractivity contribution in [1.29, 1.82) is 0 Å². The highest BCUT2D eigenvalue weighted by Crippen LogP contribution is 2.19. The molecule has 0 atom stereocenters. The molecule has 4 aromatic rings. The zero-order valence-electron chi connectivity index (χ0n) is 13.6. The first-order valence-corrected chi connectivity index (χ1v) is 7.89. The van der Waals surface area contributed by atoms with Crippen LogP contribution < -0.4 is 10.1 Å². The van der Waals surface area contributed by atoms with E-state index in [0.717, 1.165) is 27.7 Å². The zero-order valence-corrected chi connectivity index (χ0v) is 13.6. The Hall–Kier alpha value is -3.41. The monoisotopic (exact) mass is 332 g/mol. The molecule has 0 bridgehead atoms. The first kappa shape index (κ1) is 15.1. The molecule has 4 rings (SSSR count). The van der Waals surface area contributed by atoms with Gasteiger partial charge in [0.05, 0.1) is 30.2 Å². The van der Waals surface area contributed by atoms with Gasteiger partial charge in [-0.15, -0.1) is 0 Å². The summed E-state index contributed by atoms with van der Waals surface area (Å²) in [6.45, 7) is 0.315. The van der Waals surface area contributed by atoms with Crippen LogP contribution in [0.15, 0.2) is 54.6 Å². The van der Waals surface area contributed by atoms with Gasteiger partial charge in [0.15, 0.2) is 0 Å². The van der Waals surface area contributed by atoms with Crippen molar-refractivity contribution in [2.75, 3.05) is 7.11 Å². The highest BCUT2D eigenvalue weighted by atomic mass is 16.5.